The Labute approximate surface area is 214 Å². The van der Waals surface area contributed by atoms with Crippen molar-refractivity contribution in [3.05, 3.63) is 151 Å². The van der Waals surface area contributed by atoms with Crippen molar-refractivity contribution in [1.82, 2.24) is 14.5 Å². The van der Waals surface area contributed by atoms with Gasteiger partial charge >= 0.3 is 0 Å². The highest BCUT2D eigenvalue weighted by molar-refractivity contribution is 6.10. The predicted octanol–water partition coefficient (Wildman–Crippen LogP) is 8.01. The van der Waals surface area contributed by atoms with Crippen LogP contribution in [0.1, 0.15) is 22.7 Å². The van der Waals surface area contributed by atoms with E-state index >= 15 is 0 Å². The van der Waals surface area contributed by atoms with Crippen molar-refractivity contribution >= 4 is 21.8 Å². The van der Waals surface area contributed by atoms with Crippen LogP contribution < -0.4 is 0 Å². The average Bonchev–Trinajstić information content (AvgIpc) is 3.61. The highest BCUT2D eigenvalue weighted by atomic mass is 16.3. The smallest absolute Gasteiger partial charge is 0.225 e. The van der Waals surface area contributed by atoms with Gasteiger partial charge in [-0.15, -0.1) is 0 Å². The molecule has 4 heteroatoms. The molecule has 0 fully saturated rings. The van der Waals surface area contributed by atoms with Crippen LogP contribution in [0.25, 0.3) is 38.9 Å². The fraction of sp³-hybridized carbons (Fsp3) is 0.0303. The van der Waals surface area contributed by atoms with Gasteiger partial charge in [0.2, 0.25) is 5.89 Å². The first-order valence-corrected chi connectivity index (χ1v) is 12.4. The van der Waals surface area contributed by atoms with Crippen LogP contribution in [0.5, 0.6) is 0 Å². The summed E-state index contributed by atoms with van der Waals surface area (Å²) in [5.41, 5.74) is 7.76. The minimum absolute atomic E-state index is 0.0262. The van der Waals surface area contributed by atoms with E-state index in [2.05, 4.69) is 119 Å². The number of pyridine rings is 1. The molecule has 0 N–H and O–H groups in total. The molecule has 1 atom stereocenters. The van der Waals surface area contributed by atoms with Gasteiger partial charge in [0, 0.05) is 28.2 Å². The van der Waals surface area contributed by atoms with Gasteiger partial charge in [-0.1, -0.05) is 72.8 Å². The van der Waals surface area contributed by atoms with Crippen LogP contribution in [-0.2, 0) is 0 Å². The zero-order chi connectivity index (χ0) is 24.6. The van der Waals surface area contributed by atoms with Crippen LogP contribution in [0.15, 0.2) is 138 Å². The third kappa shape index (κ3) is 3.71. The summed E-state index contributed by atoms with van der Waals surface area (Å²) >= 11 is 0. The van der Waals surface area contributed by atoms with E-state index in [0.29, 0.717) is 5.89 Å². The third-order valence-corrected chi connectivity index (χ3v) is 6.93. The minimum atomic E-state index is 0.0262. The lowest BCUT2D eigenvalue weighted by Crippen LogP contribution is -2.06. The van der Waals surface area contributed by atoms with Crippen LogP contribution in [0, 0.1) is 0 Å². The molecule has 176 valence electrons. The molecule has 0 saturated carbocycles. The maximum absolute atomic E-state index is 5.61. The molecule has 3 aromatic heterocycles. The fourth-order valence-electron chi connectivity index (χ4n) is 5.32. The summed E-state index contributed by atoms with van der Waals surface area (Å²) in [4.78, 5) is 9.11. The lowest BCUT2D eigenvalue weighted by Gasteiger charge is -2.19. The Hall–Kier alpha value is -4.96. The van der Waals surface area contributed by atoms with Gasteiger partial charge in [0.15, 0.2) is 0 Å². The molecule has 0 amide bonds. The highest BCUT2D eigenvalue weighted by Gasteiger charge is 2.20. The molecule has 37 heavy (non-hydrogen) atoms. The van der Waals surface area contributed by atoms with E-state index in [1.807, 2.05) is 12.3 Å². The van der Waals surface area contributed by atoms with Crippen molar-refractivity contribution in [1.29, 1.82) is 0 Å². The molecule has 4 nitrogen and oxygen atoms in total. The molecule has 7 rings (SSSR count). The molecular formula is C33H23N3O. The maximum atomic E-state index is 5.61. The van der Waals surface area contributed by atoms with Gasteiger partial charge in [-0.05, 0) is 53.6 Å². The first kappa shape index (κ1) is 21.3. The molecule has 3 heterocycles. The Balaban J connectivity index is 1.46. The summed E-state index contributed by atoms with van der Waals surface area (Å²) in [5.74, 6) is 0.644. The van der Waals surface area contributed by atoms with Crippen molar-refractivity contribution in [3.63, 3.8) is 0 Å². The summed E-state index contributed by atoms with van der Waals surface area (Å²) in [7, 11) is 0. The third-order valence-electron chi connectivity index (χ3n) is 6.93. The van der Waals surface area contributed by atoms with Gasteiger partial charge in [0.1, 0.15) is 6.26 Å². The average molecular weight is 478 g/mol. The minimum Gasteiger partial charge on any atom is -0.445 e. The summed E-state index contributed by atoms with van der Waals surface area (Å²) in [6.45, 7) is 0. The Morgan fingerprint density at radius 2 is 1.41 bits per heavy atom. The Kier molecular flexibility index (Phi) is 5.14. The molecular weight excluding hydrogens is 454 g/mol. The SMILES string of the molecule is c1ccc(C(c2cccc(-n3c4ccccc4c4ccc(-c5ncco5)cc43)c2)c2ccccn2)cc1. The molecule has 0 aliphatic carbocycles. The van der Waals surface area contributed by atoms with Crippen molar-refractivity contribution in [2.24, 2.45) is 0 Å². The van der Waals surface area contributed by atoms with E-state index < -0.39 is 0 Å². The van der Waals surface area contributed by atoms with Gasteiger partial charge in [-0.25, -0.2) is 4.98 Å². The first-order chi connectivity index (χ1) is 18.4. The van der Waals surface area contributed by atoms with Gasteiger partial charge in [-0.2, -0.15) is 0 Å². The quantitative estimate of drug-likeness (QED) is 0.252. The summed E-state index contributed by atoms with van der Waals surface area (Å²) in [5, 5.41) is 2.41. The van der Waals surface area contributed by atoms with Crippen molar-refractivity contribution in [2.45, 2.75) is 5.92 Å². The monoisotopic (exact) mass is 477 g/mol. The number of nitrogens with zero attached hydrogens (tertiary/aromatic N) is 3. The van der Waals surface area contributed by atoms with E-state index in [0.717, 1.165) is 28.0 Å². The van der Waals surface area contributed by atoms with Gasteiger partial charge < -0.3 is 8.98 Å². The number of hydrogen-bond donors (Lipinski definition) is 0. The first-order valence-electron chi connectivity index (χ1n) is 12.4. The van der Waals surface area contributed by atoms with E-state index in [4.69, 9.17) is 9.40 Å². The number of benzene rings is 4. The lowest BCUT2D eigenvalue weighted by atomic mass is 9.88. The predicted molar refractivity (Wildman–Crippen MR) is 148 cm³/mol. The van der Waals surface area contributed by atoms with Gasteiger partial charge in [-0.3, -0.25) is 4.98 Å². The van der Waals surface area contributed by atoms with E-state index in [-0.39, 0.29) is 5.92 Å². The number of para-hydroxylation sites is 1. The Morgan fingerprint density at radius 3 is 2.24 bits per heavy atom. The standard InChI is InChI=1S/C33H23N3O/c1-2-9-23(10-3-1)32(29-14-6-7-18-34-29)24-11-8-12-26(21-24)36-30-15-5-4-13-27(30)28-17-16-25(22-31(28)36)33-35-19-20-37-33/h1-22,32H. The summed E-state index contributed by atoms with van der Waals surface area (Å²) in [6.07, 6.45) is 5.16. The van der Waals surface area contributed by atoms with Crippen LogP contribution in [0.4, 0.5) is 0 Å². The molecule has 1 unspecified atom stereocenters. The fourth-order valence-corrected chi connectivity index (χ4v) is 5.32. The Bertz CT molecular complexity index is 1780. The number of aromatic nitrogens is 3. The lowest BCUT2D eigenvalue weighted by molar-refractivity contribution is 0.574. The zero-order valence-electron chi connectivity index (χ0n) is 20.0. The zero-order valence-corrected chi connectivity index (χ0v) is 20.0. The molecule has 0 aliphatic rings. The van der Waals surface area contributed by atoms with Gasteiger partial charge in [0.25, 0.3) is 0 Å². The number of fused-ring (bicyclic) bond motifs is 3. The molecule has 0 spiro atoms. The normalized spacial score (nSPS) is 12.2. The number of hydrogen-bond acceptors (Lipinski definition) is 3. The van der Waals surface area contributed by atoms with Crippen LogP contribution >= 0.6 is 0 Å². The van der Waals surface area contributed by atoms with Crippen LogP contribution in [-0.4, -0.2) is 14.5 Å². The van der Waals surface area contributed by atoms with Crippen LogP contribution in [0.3, 0.4) is 0 Å². The number of rotatable bonds is 5. The van der Waals surface area contributed by atoms with E-state index in [9.17, 15) is 0 Å². The van der Waals surface area contributed by atoms with Crippen molar-refractivity contribution in [2.75, 3.05) is 0 Å². The second-order valence-electron chi connectivity index (χ2n) is 9.12. The van der Waals surface area contributed by atoms with E-state index in [1.54, 1.807) is 12.5 Å². The number of oxazole rings is 1. The largest absolute Gasteiger partial charge is 0.445 e. The summed E-state index contributed by atoms with van der Waals surface area (Å²) < 4.78 is 7.94. The second kappa shape index (κ2) is 8.92. The molecule has 0 aliphatic heterocycles. The second-order valence-corrected chi connectivity index (χ2v) is 9.12. The maximum Gasteiger partial charge on any atom is 0.225 e. The molecule has 7 aromatic rings. The van der Waals surface area contributed by atoms with Crippen molar-refractivity contribution in [3.8, 4) is 17.1 Å². The molecule has 4 aromatic carbocycles. The topological polar surface area (TPSA) is 43.9 Å². The molecule has 0 radical (unpaired) electrons. The van der Waals surface area contributed by atoms with Gasteiger partial charge in [0.05, 0.1) is 28.8 Å². The van der Waals surface area contributed by atoms with Crippen LogP contribution in [0.2, 0.25) is 0 Å². The highest BCUT2D eigenvalue weighted by Crippen LogP contribution is 2.36. The van der Waals surface area contributed by atoms with Crippen molar-refractivity contribution < 1.29 is 4.42 Å². The molecule has 0 bridgehead atoms. The Morgan fingerprint density at radius 1 is 0.595 bits per heavy atom. The molecule has 0 saturated heterocycles. The summed E-state index contributed by atoms with van der Waals surface area (Å²) in [6, 6.07) is 40.5. The van der Waals surface area contributed by atoms with E-state index in [1.165, 1.54) is 21.9 Å².